The highest BCUT2D eigenvalue weighted by molar-refractivity contribution is 5.25. The van der Waals surface area contributed by atoms with Crippen molar-refractivity contribution in [3.63, 3.8) is 0 Å². The number of nitrogens with two attached hydrogens (primary N) is 2. The molecule has 0 aromatic carbocycles. The zero-order valence-corrected chi connectivity index (χ0v) is 7.39. The summed E-state index contributed by atoms with van der Waals surface area (Å²) in [6.45, 7) is 3.87. The van der Waals surface area contributed by atoms with Crippen LogP contribution in [-0.4, -0.2) is 13.1 Å². The van der Waals surface area contributed by atoms with Crippen molar-refractivity contribution in [2.75, 3.05) is 7.05 Å². The maximum atomic E-state index is 5.65. The first-order valence-electron chi connectivity index (χ1n) is 3.68. The average molecular weight is 155 g/mol. The Balaban J connectivity index is 4.32. The molecule has 11 heavy (non-hydrogen) atoms. The van der Waals surface area contributed by atoms with Crippen LogP contribution in [0.1, 0.15) is 13.8 Å². The van der Waals surface area contributed by atoms with E-state index >= 15 is 0 Å². The molecule has 0 rings (SSSR count). The molecule has 64 valence electrons. The van der Waals surface area contributed by atoms with Crippen molar-refractivity contribution in [3.8, 4) is 0 Å². The van der Waals surface area contributed by atoms with Crippen LogP contribution in [0.3, 0.4) is 0 Å². The number of rotatable bonds is 3. The number of allylic oxidation sites excluding steroid dienone is 1. The van der Waals surface area contributed by atoms with Crippen molar-refractivity contribution >= 4 is 0 Å². The maximum Gasteiger partial charge on any atom is 0.0960 e. The lowest BCUT2D eigenvalue weighted by atomic mass is 10.1. The van der Waals surface area contributed by atoms with Gasteiger partial charge in [0.2, 0.25) is 0 Å². The Morgan fingerprint density at radius 1 is 1.55 bits per heavy atom. The van der Waals surface area contributed by atoms with Gasteiger partial charge in [-0.25, -0.2) is 0 Å². The minimum Gasteiger partial charge on any atom is -0.386 e. The van der Waals surface area contributed by atoms with Crippen molar-refractivity contribution < 1.29 is 0 Å². The van der Waals surface area contributed by atoms with Gasteiger partial charge >= 0.3 is 0 Å². The van der Waals surface area contributed by atoms with Gasteiger partial charge in [-0.05, 0) is 25.5 Å². The van der Waals surface area contributed by atoms with Crippen LogP contribution in [0.5, 0.6) is 0 Å². The third-order valence-corrected chi connectivity index (χ3v) is 1.47. The molecular weight excluding hydrogens is 138 g/mol. The second-order valence-electron chi connectivity index (χ2n) is 2.43. The molecule has 0 spiro atoms. The van der Waals surface area contributed by atoms with Crippen molar-refractivity contribution in [3.05, 3.63) is 23.5 Å². The van der Waals surface area contributed by atoms with Crippen molar-refractivity contribution in [2.24, 2.45) is 11.5 Å². The Labute approximate surface area is 68.1 Å². The van der Waals surface area contributed by atoms with Crippen molar-refractivity contribution in [1.29, 1.82) is 0 Å². The van der Waals surface area contributed by atoms with Crippen LogP contribution in [0.15, 0.2) is 23.5 Å². The molecule has 0 heterocycles. The van der Waals surface area contributed by atoms with Crippen LogP contribution >= 0.6 is 0 Å². The fourth-order valence-corrected chi connectivity index (χ4v) is 0.729. The fraction of sp³-hybridized carbons (Fsp3) is 0.500. The molecule has 5 N–H and O–H groups in total. The summed E-state index contributed by atoms with van der Waals surface area (Å²) in [6.07, 6.45) is 3.79. The molecule has 1 unspecified atom stereocenters. The van der Waals surface area contributed by atoms with E-state index in [1.54, 1.807) is 7.05 Å². The summed E-state index contributed by atoms with van der Waals surface area (Å²) in [5.74, 6) is 0.635. The van der Waals surface area contributed by atoms with Gasteiger partial charge in [0.25, 0.3) is 0 Å². The smallest absolute Gasteiger partial charge is 0.0960 e. The number of nitrogens with one attached hydrogen (secondary N) is 1. The van der Waals surface area contributed by atoms with E-state index in [4.69, 9.17) is 11.5 Å². The van der Waals surface area contributed by atoms with E-state index in [-0.39, 0.29) is 6.04 Å². The van der Waals surface area contributed by atoms with Crippen LogP contribution in [0.2, 0.25) is 0 Å². The number of hydrogen-bond acceptors (Lipinski definition) is 3. The zero-order valence-electron chi connectivity index (χ0n) is 7.39. The molecule has 1 atom stereocenters. The monoisotopic (exact) mass is 155 g/mol. The average Bonchev–Trinajstić information content (AvgIpc) is 1.99. The van der Waals surface area contributed by atoms with E-state index in [0.717, 1.165) is 5.57 Å². The Bertz CT molecular complexity index is 168. The molecule has 0 amide bonds. The van der Waals surface area contributed by atoms with Gasteiger partial charge in [-0.15, -0.1) is 0 Å². The minimum atomic E-state index is 0.0342. The van der Waals surface area contributed by atoms with E-state index < -0.39 is 0 Å². The summed E-state index contributed by atoms with van der Waals surface area (Å²) >= 11 is 0. The van der Waals surface area contributed by atoms with Crippen LogP contribution < -0.4 is 16.8 Å². The largest absolute Gasteiger partial charge is 0.386 e. The van der Waals surface area contributed by atoms with Gasteiger partial charge < -0.3 is 16.8 Å². The highest BCUT2D eigenvalue weighted by Crippen LogP contribution is 2.01. The highest BCUT2D eigenvalue weighted by atomic mass is 14.9. The van der Waals surface area contributed by atoms with Gasteiger partial charge in [0.1, 0.15) is 0 Å². The Morgan fingerprint density at radius 2 is 2.09 bits per heavy atom. The lowest BCUT2D eigenvalue weighted by molar-refractivity contribution is 0.868. The summed E-state index contributed by atoms with van der Waals surface area (Å²) in [6, 6.07) is 0.0342. The third kappa shape index (κ3) is 3.68. The van der Waals surface area contributed by atoms with Gasteiger partial charge in [-0.3, -0.25) is 0 Å². The molecule has 0 bridgehead atoms. The van der Waals surface area contributed by atoms with E-state index in [1.807, 2.05) is 26.0 Å². The van der Waals surface area contributed by atoms with E-state index in [2.05, 4.69) is 5.32 Å². The van der Waals surface area contributed by atoms with Crippen LogP contribution in [0.4, 0.5) is 0 Å². The molecular formula is C8H17N3. The zero-order chi connectivity index (χ0) is 8.85. The summed E-state index contributed by atoms with van der Waals surface area (Å²) in [5, 5.41) is 2.83. The molecule has 0 fully saturated rings. The Morgan fingerprint density at radius 3 is 2.36 bits per heavy atom. The van der Waals surface area contributed by atoms with Gasteiger partial charge in [0.05, 0.1) is 5.82 Å². The first-order valence-corrected chi connectivity index (χ1v) is 3.68. The Kier molecular flexibility index (Phi) is 4.38. The summed E-state index contributed by atoms with van der Waals surface area (Å²) in [5.41, 5.74) is 12.2. The highest BCUT2D eigenvalue weighted by Gasteiger charge is 1.98. The molecule has 0 aromatic heterocycles. The molecule has 0 aliphatic heterocycles. The molecule has 3 heteroatoms. The summed E-state index contributed by atoms with van der Waals surface area (Å²) in [4.78, 5) is 0. The predicted octanol–water partition coefficient (Wildman–Crippen LogP) is 0.299. The SMILES string of the molecule is C/C=C(\C=C(/N)NC)C(C)N. The van der Waals surface area contributed by atoms with Crippen LogP contribution in [-0.2, 0) is 0 Å². The molecule has 0 aliphatic carbocycles. The normalized spacial score (nSPS) is 16.4. The van der Waals surface area contributed by atoms with Crippen molar-refractivity contribution in [2.45, 2.75) is 19.9 Å². The minimum absolute atomic E-state index is 0.0342. The molecule has 0 saturated carbocycles. The van der Waals surface area contributed by atoms with Gasteiger partial charge in [-0.1, -0.05) is 6.08 Å². The Hall–Kier alpha value is -0.960. The lowest BCUT2D eigenvalue weighted by Gasteiger charge is -2.07. The van der Waals surface area contributed by atoms with Gasteiger partial charge in [-0.2, -0.15) is 0 Å². The fourth-order valence-electron chi connectivity index (χ4n) is 0.729. The second kappa shape index (κ2) is 4.79. The maximum absolute atomic E-state index is 5.65. The van der Waals surface area contributed by atoms with Crippen LogP contribution in [0.25, 0.3) is 0 Å². The van der Waals surface area contributed by atoms with Crippen LogP contribution in [0, 0.1) is 0 Å². The quantitative estimate of drug-likeness (QED) is 0.514. The van der Waals surface area contributed by atoms with Gasteiger partial charge in [0.15, 0.2) is 0 Å². The number of hydrogen-bond donors (Lipinski definition) is 3. The van der Waals surface area contributed by atoms with Crippen molar-refractivity contribution in [1.82, 2.24) is 5.32 Å². The molecule has 0 aromatic rings. The first kappa shape index (κ1) is 10.0. The topological polar surface area (TPSA) is 64.1 Å². The molecule has 3 nitrogen and oxygen atoms in total. The lowest BCUT2D eigenvalue weighted by Crippen LogP contribution is -2.20. The summed E-state index contributed by atoms with van der Waals surface area (Å²) in [7, 11) is 1.78. The molecule has 0 aliphatic rings. The second-order valence-corrected chi connectivity index (χ2v) is 2.43. The third-order valence-electron chi connectivity index (χ3n) is 1.47. The molecule has 0 saturated heterocycles. The standard InChI is InChI=1S/C8H17N3/c1-4-7(6(2)9)5-8(10)11-3/h4-6,11H,9-10H2,1-3H3/b7-4+,8-5+. The van der Waals surface area contributed by atoms with Gasteiger partial charge in [0, 0.05) is 13.1 Å². The summed E-state index contributed by atoms with van der Waals surface area (Å²) < 4.78 is 0. The van der Waals surface area contributed by atoms with E-state index in [1.165, 1.54) is 0 Å². The van der Waals surface area contributed by atoms with E-state index in [0.29, 0.717) is 5.82 Å². The molecule has 0 radical (unpaired) electrons. The predicted molar refractivity (Wildman–Crippen MR) is 48.7 cm³/mol. The first-order chi connectivity index (χ1) is 5.11. The van der Waals surface area contributed by atoms with E-state index in [9.17, 15) is 0 Å².